The predicted octanol–water partition coefficient (Wildman–Crippen LogP) is 2.14. The third kappa shape index (κ3) is 8.24. The summed E-state index contributed by atoms with van der Waals surface area (Å²) in [5.74, 6) is 1.15. The molecule has 140 valence electrons. The highest BCUT2D eigenvalue weighted by atomic mass is 127. The predicted molar refractivity (Wildman–Crippen MR) is 115 cm³/mol. The minimum Gasteiger partial charge on any atom is -0.356 e. The number of hydrogen-bond donors (Lipinski definition) is 3. The second-order valence-corrected chi connectivity index (χ2v) is 5.46. The minimum atomic E-state index is -0.0884. The van der Waals surface area contributed by atoms with E-state index in [0.29, 0.717) is 24.7 Å². The minimum absolute atomic E-state index is 0. The van der Waals surface area contributed by atoms with Crippen molar-refractivity contribution >= 4 is 41.7 Å². The Morgan fingerprint density at radius 1 is 1.12 bits per heavy atom. The van der Waals surface area contributed by atoms with E-state index < -0.39 is 0 Å². The van der Waals surface area contributed by atoms with Gasteiger partial charge in [-0.3, -0.25) is 14.8 Å². The summed E-state index contributed by atoms with van der Waals surface area (Å²) < 4.78 is 0. The molecule has 0 aliphatic rings. The summed E-state index contributed by atoms with van der Waals surface area (Å²) in [7, 11) is 1.70. The Labute approximate surface area is 171 Å². The number of nitrogens with zero attached hydrogens (tertiary/aromatic N) is 3. The lowest BCUT2D eigenvalue weighted by molar-refractivity contribution is -0.116. The molecule has 0 bridgehead atoms. The van der Waals surface area contributed by atoms with E-state index >= 15 is 0 Å². The lowest BCUT2D eigenvalue weighted by Crippen LogP contribution is -2.39. The van der Waals surface area contributed by atoms with Gasteiger partial charge in [0.2, 0.25) is 5.91 Å². The van der Waals surface area contributed by atoms with Gasteiger partial charge >= 0.3 is 0 Å². The van der Waals surface area contributed by atoms with Crippen LogP contribution in [0.1, 0.15) is 17.8 Å². The first kappa shape index (κ1) is 21.8. The number of carbonyl (C=O) groups excluding carboxylic acids is 1. The van der Waals surface area contributed by atoms with Crippen molar-refractivity contribution in [2.75, 3.05) is 25.5 Å². The molecule has 0 unspecified atom stereocenters. The van der Waals surface area contributed by atoms with E-state index in [-0.39, 0.29) is 29.9 Å². The third-order valence-electron chi connectivity index (χ3n) is 3.42. The molecule has 0 aliphatic carbocycles. The maximum absolute atomic E-state index is 11.9. The standard InChI is InChI=1S/C18H24N6O.HI/c1-14-6-5-8-16(23-14)24-17(25)10-13-22-18(19-2)21-12-9-15-7-3-4-11-20-15;/h3-8,11H,9-10,12-13H2,1-2H3,(H2,19,21,22)(H,23,24,25);1H. The van der Waals surface area contributed by atoms with Gasteiger partial charge in [-0.2, -0.15) is 0 Å². The van der Waals surface area contributed by atoms with Gasteiger partial charge in [0.15, 0.2) is 5.96 Å². The first-order chi connectivity index (χ1) is 12.2. The first-order valence-electron chi connectivity index (χ1n) is 8.25. The maximum Gasteiger partial charge on any atom is 0.227 e. The molecule has 26 heavy (non-hydrogen) atoms. The normalized spacial score (nSPS) is 10.6. The zero-order valence-electron chi connectivity index (χ0n) is 15.0. The van der Waals surface area contributed by atoms with Crippen molar-refractivity contribution in [2.45, 2.75) is 19.8 Å². The fraction of sp³-hybridized carbons (Fsp3) is 0.333. The molecule has 2 aromatic rings. The average Bonchev–Trinajstić information content (AvgIpc) is 2.61. The Kier molecular flexibility index (Phi) is 10.2. The van der Waals surface area contributed by atoms with Gasteiger partial charge in [-0.1, -0.05) is 12.1 Å². The van der Waals surface area contributed by atoms with Gasteiger partial charge in [-0.05, 0) is 31.2 Å². The van der Waals surface area contributed by atoms with E-state index in [4.69, 9.17) is 0 Å². The number of pyridine rings is 2. The monoisotopic (exact) mass is 468 g/mol. The van der Waals surface area contributed by atoms with Crippen LogP contribution < -0.4 is 16.0 Å². The Bertz CT molecular complexity index is 708. The Morgan fingerprint density at radius 2 is 1.92 bits per heavy atom. The summed E-state index contributed by atoms with van der Waals surface area (Å²) in [6.45, 7) is 3.09. The molecular formula is C18H25IN6O. The van der Waals surface area contributed by atoms with Crippen LogP contribution in [0.25, 0.3) is 0 Å². The second-order valence-electron chi connectivity index (χ2n) is 5.46. The van der Waals surface area contributed by atoms with Crippen LogP contribution in [0.15, 0.2) is 47.6 Å². The van der Waals surface area contributed by atoms with Crippen molar-refractivity contribution in [2.24, 2.45) is 4.99 Å². The highest BCUT2D eigenvalue weighted by Crippen LogP contribution is 2.03. The van der Waals surface area contributed by atoms with E-state index in [2.05, 4.69) is 30.9 Å². The first-order valence-corrected chi connectivity index (χ1v) is 8.25. The number of guanidine groups is 1. The summed E-state index contributed by atoms with van der Waals surface area (Å²) in [5, 5.41) is 9.11. The van der Waals surface area contributed by atoms with E-state index in [1.807, 2.05) is 37.3 Å². The quantitative estimate of drug-likeness (QED) is 0.329. The zero-order chi connectivity index (χ0) is 17.9. The second kappa shape index (κ2) is 12.2. The van der Waals surface area contributed by atoms with Crippen LogP contribution in [0.2, 0.25) is 0 Å². The Hall–Kier alpha value is -2.23. The molecule has 0 saturated heterocycles. The van der Waals surface area contributed by atoms with Gasteiger partial charge in [-0.15, -0.1) is 24.0 Å². The van der Waals surface area contributed by atoms with Gasteiger partial charge < -0.3 is 16.0 Å². The molecule has 0 aliphatic heterocycles. The summed E-state index contributed by atoms with van der Waals surface area (Å²) in [5.41, 5.74) is 1.89. The van der Waals surface area contributed by atoms with Crippen LogP contribution in [-0.2, 0) is 11.2 Å². The molecule has 0 fully saturated rings. The number of amides is 1. The van der Waals surface area contributed by atoms with Gasteiger partial charge in [0, 0.05) is 50.6 Å². The Morgan fingerprint density at radius 3 is 2.62 bits per heavy atom. The van der Waals surface area contributed by atoms with Crippen LogP contribution in [0.3, 0.4) is 0 Å². The fourth-order valence-electron chi connectivity index (χ4n) is 2.19. The number of rotatable bonds is 7. The number of anilines is 1. The fourth-order valence-corrected chi connectivity index (χ4v) is 2.19. The molecule has 0 spiro atoms. The highest BCUT2D eigenvalue weighted by Gasteiger charge is 2.04. The van der Waals surface area contributed by atoms with E-state index in [9.17, 15) is 4.79 Å². The van der Waals surface area contributed by atoms with Crippen LogP contribution >= 0.6 is 24.0 Å². The third-order valence-corrected chi connectivity index (χ3v) is 3.42. The molecule has 0 atom stereocenters. The largest absolute Gasteiger partial charge is 0.356 e. The number of hydrogen-bond acceptors (Lipinski definition) is 4. The molecule has 0 aromatic carbocycles. The summed E-state index contributed by atoms with van der Waals surface area (Å²) in [6, 6.07) is 11.4. The number of aromatic nitrogens is 2. The number of halogens is 1. The smallest absolute Gasteiger partial charge is 0.227 e. The summed E-state index contributed by atoms with van der Waals surface area (Å²) in [4.78, 5) is 24.6. The van der Waals surface area contributed by atoms with Crippen LogP contribution in [0.4, 0.5) is 5.82 Å². The van der Waals surface area contributed by atoms with Gasteiger partial charge in [0.05, 0.1) is 0 Å². The van der Waals surface area contributed by atoms with Crippen molar-refractivity contribution in [1.82, 2.24) is 20.6 Å². The van der Waals surface area contributed by atoms with Crippen LogP contribution in [-0.4, -0.2) is 42.0 Å². The van der Waals surface area contributed by atoms with Crippen molar-refractivity contribution in [1.29, 1.82) is 0 Å². The molecular weight excluding hydrogens is 443 g/mol. The van der Waals surface area contributed by atoms with Crippen molar-refractivity contribution in [3.05, 3.63) is 54.0 Å². The summed E-state index contributed by atoms with van der Waals surface area (Å²) >= 11 is 0. The number of aliphatic imine (C=N–C) groups is 1. The number of carbonyl (C=O) groups is 1. The lowest BCUT2D eigenvalue weighted by Gasteiger charge is -2.11. The molecule has 2 heterocycles. The average molecular weight is 468 g/mol. The zero-order valence-corrected chi connectivity index (χ0v) is 17.4. The molecule has 2 rings (SSSR count). The van der Waals surface area contributed by atoms with Crippen molar-refractivity contribution in [3.8, 4) is 0 Å². The molecule has 2 aromatic heterocycles. The Balaban J connectivity index is 0.00000338. The van der Waals surface area contributed by atoms with E-state index in [0.717, 1.165) is 24.4 Å². The van der Waals surface area contributed by atoms with Crippen molar-refractivity contribution < 1.29 is 4.79 Å². The van der Waals surface area contributed by atoms with Gasteiger partial charge in [0.25, 0.3) is 0 Å². The lowest BCUT2D eigenvalue weighted by atomic mass is 10.3. The molecule has 8 heteroatoms. The number of nitrogens with one attached hydrogen (secondary N) is 3. The van der Waals surface area contributed by atoms with Gasteiger partial charge in [-0.25, -0.2) is 4.98 Å². The summed E-state index contributed by atoms with van der Waals surface area (Å²) in [6.07, 6.45) is 2.92. The van der Waals surface area contributed by atoms with E-state index in [1.54, 1.807) is 19.3 Å². The molecule has 1 amide bonds. The molecule has 7 nitrogen and oxygen atoms in total. The number of aryl methyl sites for hydroxylation is 1. The van der Waals surface area contributed by atoms with Crippen LogP contribution in [0.5, 0.6) is 0 Å². The van der Waals surface area contributed by atoms with E-state index in [1.165, 1.54) is 0 Å². The van der Waals surface area contributed by atoms with Gasteiger partial charge in [0.1, 0.15) is 5.82 Å². The molecule has 0 radical (unpaired) electrons. The topological polar surface area (TPSA) is 91.3 Å². The molecule has 3 N–H and O–H groups in total. The SMILES string of the molecule is CN=C(NCCC(=O)Nc1cccc(C)n1)NCCc1ccccn1.I. The molecule has 0 saturated carbocycles. The maximum atomic E-state index is 11.9. The van der Waals surface area contributed by atoms with Crippen LogP contribution in [0, 0.1) is 6.92 Å². The highest BCUT2D eigenvalue weighted by molar-refractivity contribution is 14.0. The van der Waals surface area contributed by atoms with Crippen molar-refractivity contribution in [3.63, 3.8) is 0 Å².